The maximum atomic E-state index is 12.2. The van der Waals surface area contributed by atoms with E-state index in [0.717, 1.165) is 0 Å². The van der Waals surface area contributed by atoms with Crippen LogP contribution >= 0.6 is 11.6 Å². The molecule has 0 unspecified atom stereocenters. The molecule has 134 valence electrons. The fraction of sp³-hybridized carbons (Fsp3) is 0.0625. The number of nitrogens with one attached hydrogen (secondary N) is 1. The molecule has 0 saturated carbocycles. The topological polar surface area (TPSA) is 122 Å². The maximum Gasteiger partial charge on any atom is 0.318 e. The van der Waals surface area contributed by atoms with E-state index in [9.17, 15) is 13.2 Å². The van der Waals surface area contributed by atoms with E-state index in [0.29, 0.717) is 5.56 Å². The van der Waals surface area contributed by atoms with E-state index in [1.807, 2.05) is 22.9 Å². The van der Waals surface area contributed by atoms with Gasteiger partial charge in [0.05, 0.1) is 15.5 Å². The van der Waals surface area contributed by atoms with Gasteiger partial charge < -0.3 is 9.52 Å². The molecule has 26 heavy (non-hydrogen) atoms. The molecule has 10 heteroatoms. The Morgan fingerprint density at radius 1 is 1.12 bits per heavy atom. The van der Waals surface area contributed by atoms with Gasteiger partial charge in [-0.1, -0.05) is 29.8 Å². The molecule has 2 aromatic carbocycles. The number of aromatic nitrogens is 2. The Bertz CT molecular complexity index is 1050. The first-order chi connectivity index (χ1) is 12.4. The summed E-state index contributed by atoms with van der Waals surface area (Å²) in [6, 6.07) is 12.9. The highest BCUT2D eigenvalue weighted by molar-refractivity contribution is 7.89. The van der Waals surface area contributed by atoms with Crippen LogP contribution in [-0.4, -0.2) is 36.2 Å². The number of halogens is 1. The van der Waals surface area contributed by atoms with Crippen LogP contribution < -0.4 is 4.72 Å². The third kappa shape index (κ3) is 3.90. The molecule has 0 aliphatic rings. The summed E-state index contributed by atoms with van der Waals surface area (Å²) in [5.74, 6) is -0.995. The molecule has 0 fully saturated rings. The smallest absolute Gasteiger partial charge is 0.318 e. The molecule has 0 radical (unpaired) electrons. The van der Waals surface area contributed by atoms with E-state index in [1.54, 1.807) is 12.1 Å². The SMILES string of the molecule is O=C(O)CNS(=O)(=O)c1ccc(Cl)c(-c2nnc(-c3ccccc3)o2)c1. The first-order valence-corrected chi connectivity index (χ1v) is 9.13. The largest absolute Gasteiger partial charge is 0.480 e. The minimum absolute atomic E-state index is 0.0455. The van der Waals surface area contributed by atoms with E-state index in [2.05, 4.69) is 10.2 Å². The van der Waals surface area contributed by atoms with E-state index in [1.165, 1.54) is 18.2 Å². The Hall–Kier alpha value is -2.75. The van der Waals surface area contributed by atoms with Crippen molar-refractivity contribution in [3.8, 4) is 22.9 Å². The van der Waals surface area contributed by atoms with Gasteiger partial charge in [-0.25, -0.2) is 8.42 Å². The molecule has 0 bridgehead atoms. The van der Waals surface area contributed by atoms with Crippen molar-refractivity contribution in [2.75, 3.05) is 6.54 Å². The van der Waals surface area contributed by atoms with Crippen LogP contribution in [0, 0.1) is 0 Å². The highest BCUT2D eigenvalue weighted by atomic mass is 35.5. The molecule has 0 aliphatic carbocycles. The minimum atomic E-state index is -4.03. The summed E-state index contributed by atoms with van der Waals surface area (Å²) < 4.78 is 31.9. The fourth-order valence-electron chi connectivity index (χ4n) is 2.10. The molecule has 3 rings (SSSR count). The van der Waals surface area contributed by atoms with Crippen molar-refractivity contribution >= 4 is 27.6 Å². The number of benzene rings is 2. The summed E-state index contributed by atoms with van der Waals surface area (Å²) in [5.41, 5.74) is 0.925. The Kier molecular flexibility index (Phi) is 5.03. The Labute approximate surface area is 153 Å². The fourth-order valence-corrected chi connectivity index (χ4v) is 3.30. The van der Waals surface area contributed by atoms with Crippen molar-refractivity contribution < 1.29 is 22.7 Å². The highest BCUT2D eigenvalue weighted by Gasteiger charge is 2.20. The second kappa shape index (κ2) is 7.24. The van der Waals surface area contributed by atoms with E-state index in [4.69, 9.17) is 21.1 Å². The van der Waals surface area contributed by atoms with Gasteiger partial charge in [0.1, 0.15) is 6.54 Å². The van der Waals surface area contributed by atoms with Crippen LogP contribution in [0.5, 0.6) is 0 Å². The van der Waals surface area contributed by atoms with Crippen LogP contribution in [0.15, 0.2) is 57.8 Å². The number of hydrogen-bond donors (Lipinski definition) is 2. The highest BCUT2D eigenvalue weighted by Crippen LogP contribution is 2.31. The van der Waals surface area contributed by atoms with Crippen LogP contribution in [0.1, 0.15) is 0 Å². The van der Waals surface area contributed by atoms with Gasteiger partial charge >= 0.3 is 5.97 Å². The van der Waals surface area contributed by atoms with Crippen molar-refractivity contribution in [3.63, 3.8) is 0 Å². The van der Waals surface area contributed by atoms with Crippen molar-refractivity contribution in [1.82, 2.24) is 14.9 Å². The van der Waals surface area contributed by atoms with Crippen LogP contribution in [0.25, 0.3) is 22.9 Å². The van der Waals surface area contributed by atoms with Gasteiger partial charge in [0, 0.05) is 5.56 Å². The first kappa shape index (κ1) is 18.1. The average molecular weight is 394 g/mol. The van der Waals surface area contributed by atoms with Gasteiger partial charge in [0.2, 0.25) is 21.8 Å². The zero-order valence-corrected chi connectivity index (χ0v) is 14.7. The standard InChI is InChI=1S/C16H12ClN3O5S/c17-13-7-6-11(26(23,24)18-9-14(21)22)8-12(13)16-20-19-15(25-16)10-4-2-1-3-5-10/h1-8,18H,9H2,(H,21,22). The molecule has 0 amide bonds. The molecule has 0 spiro atoms. The average Bonchev–Trinajstić information content (AvgIpc) is 3.11. The number of rotatable bonds is 6. The molecular formula is C16H12ClN3O5S. The van der Waals surface area contributed by atoms with Crippen molar-refractivity contribution in [1.29, 1.82) is 0 Å². The Balaban J connectivity index is 1.96. The van der Waals surface area contributed by atoms with Crippen LogP contribution in [0.3, 0.4) is 0 Å². The molecular weight excluding hydrogens is 382 g/mol. The molecule has 1 heterocycles. The summed E-state index contributed by atoms with van der Waals surface area (Å²) in [6.07, 6.45) is 0. The lowest BCUT2D eigenvalue weighted by Gasteiger charge is -2.07. The number of carbonyl (C=O) groups is 1. The Morgan fingerprint density at radius 3 is 2.50 bits per heavy atom. The summed E-state index contributed by atoms with van der Waals surface area (Å²) in [7, 11) is -4.03. The second-order valence-corrected chi connectivity index (χ2v) is 7.31. The Morgan fingerprint density at radius 2 is 1.81 bits per heavy atom. The molecule has 8 nitrogen and oxygen atoms in total. The zero-order chi connectivity index (χ0) is 18.7. The number of sulfonamides is 1. The van der Waals surface area contributed by atoms with Gasteiger partial charge in [0.25, 0.3) is 0 Å². The van der Waals surface area contributed by atoms with Gasteiger partial charge in [-0.15, -0.1) is 10.2 Å². The predicted octanol–water partition coefficient (Wildman–Crippen LogP) is 2.42. The number of hydrogen-bond acceptors (Lipinski definition) is 6. The predicted molar refractivity (Wildman–Crippen MR) is 93.0 cm³/mol. The molecule has 0 saturated heterocycles. The lowest BCUT2D eigenvalue weighted by molar-refractivity contribution is -0.135. The molecule has 1 aromatic heterocycles. The van der Waals surface area contributed by atoms with Crippen LogP contribution in [0.2, 0.25) is 5.02 Å². The van der Waals surface area contributed by atoms with Crippen molar-refractivity contribution in [2.45, 2.75) is 4.90 Å². The minimum Gasteiger partial charge on any atom is -0.480 e. The van der Waals surface area contributed by atoms with Gasteiger partial charge in [-0.2, -0.15) is 4.72 Å². The lowest BCUT2D eigenvalue weighted by atomic mass is 10.2. The quantitative estimate of drug-likeness (QED) is 0.659. The van der Waals surface area contributed by atoms with E-state index < -0.39 is 22.5 Å². The number of carboxylic acids is 1. The van der Waals surface area contributed by atoms with Gasteiger partial charge in [-0.05, 0) is 30.3 Å². The third-order valence-electron chi connectivity index (χ3n) is 3.34. The normalized spacial score (nSPS) is 11.4. The van der Waals surface area contributed by atoms with Gasteiger partial charge in [-0.3, -0.25) is 4.79 Å². The molecule has 2 N–H and O–H groups in total. The monoisotopic (exact) mass is 393 g/mol. The second-order valence-electron chi connectivity index (χ2n) is 5.14. The van der Waals surface area contributed by atoms with Crippen LogP contribution in [-0.2, 0) is 14.8 Å². The third-order valence-corrected chi connectivity index (χ3v) is 5.07. The summed E-state index contributed by atoms with van der Waals surface area (Å²) in [5, 5.41) is 16.7. The van der Waals surface area contributed by atoms with Crippen molar-refractivity contribution in [2.24, 2.45) is 0 Å². The summed E-state index contributed by atoms with van der Waals surface area (Å²) in [4.78, 5) is 10.4. The summed E-state index contributed by atoms with van der Waals surface area (Å²) in [6.45, 7) is -0.737. The van der Waals surface area contributed by atoms with E-state index in [-0.39, 0.29) is 27.3 Å². The van der Waals surface area contributed by atoms with E-state index >= 15 is 0 Å². The lowest BCUT2D eigenvalue weighted by Crippen LogP contribution is -2.29. The first-order valence-electron chi connectivity index (χ1n) is 7.27. The number of carboxylic acid groups (broad SMARTS) is 1. The number of nitrogens with zero attached hydrogens (tertiary/aromatic N) is 2. The molecule has 0 atom stereocenters. The van der Waals surface area contributed by atoms with Gasteiger partial charge in [0.15, 0.2) is 0 Å². The van der Waals surface area contributed by atoms with Crippen molar-refractivity contribution in [3.05, 3.63) is 53.6 Å². The molecule has 0 aliphatic heterocycles. The number of aliphatic carboxylic acids is 1. The maximum absolute atomic E-state index is 12.2. The molecule has 3 aromatic rings. The van der Waals surface area contributed by atoms with Crippen LogP contribution in [0.4, 0.5) is 0 Å². The zero-order valence-electron chi connectivity index (χ0n) is 13.1. The summed E-state index contributed by atoms with van der Waals surface area (Å²) >= 11 is 6.13.